The molecule has 0 bridgehead atoms. The molecule has 0 aromatic heterocycles. The monoisotopic (exact) mass is 333 g/mol. The molecule has 3 aliphatic rings. The van der Waals surface area contributed by atoms with Gasteiger partial charge >= 0.3 is 0 Å². The predicted octanol–water partition coefficient (Wildman–Crippen LogP) is 2.80. The Balaban J connectivity index is 1.77. The van der Waals surface area contributed by atoms with Crippen LogP contribution in [0.2, 0.25) is 0 Å². The first-order valence-electron chi connectivity index (χ1n) is 8.68. The fraction of sp³-hybridized carbons (Fsp3) is 0.667. The molecule has 3 unspecified atom stereocenters. The molecule has 4 rings (SSSR count). The second-order valence-corrected chi connectivity index (χ2v) is 8.04. The van der Waals surface area contributed by atoms with Gasteiger partial charge in [0.25, 0.3) is 5.09 Å². The van der Waals surface area contributed by atoms with Gasteiger partial charge in [0, 0.05) is 5.92 Å². The van der Waals surface area contributed by atoms with Crippen molar-refractivity contribution in [2.75, 3.05) is 0 Å². The highest BCUT2D eigenvalue weighted by Crippen LogP contribution is 2.61. The first-order chi connectivity index (χ1) is 11.4. The molecule has 0 amide bonds. The van der Waals surface area contributed by atoms with Gasteiger partial charge in [-0.2, -0.15) is 0 Å². The van der Waals surface area contributed by atoms with E-state index < -0.39 is 11.2 Å². The molecule has 2 saturated carbocycles. The zero-order chi connectivity index (χ0) is 17.1. The largest absolute Gasteiger partial charge is 0.508 e. The van der Waals surface area contributed by atoms with Gasteiger partial charge in [-0.1, -0.05) is 13.0 Å². The Morgan fingerprint density at radius 1 is 1.38 bits per heavy atom. The molecule has 2 N–H and O–H groups in total. The van der Waals surface area contributed by atoms with Crippen molar-refractivity contribution in [2.24, 2.45) is 17.3 Å². The van der Waals surface area contributed by atoms with Gasteiger partial charge in [0.15, 0.2) is 0 Å². The number of phenolic OH excluding ortho intramolecular Hbond substituents is 1. The van der Waals surface area contributed by atoms with Crippen LogP contribution in [0, 0.1) is 27.4 Å². The highest BCUT2D eigenvalue weighted by molar-refractivity contribution is 5.41. The molecule has 2 fully saturated rings. The van der Waals surface area contributed by atoms with E-state index in [1.807, 2.05) is 6.07 Å². The molecule has 1 aromatic rings. The number of hydrogen-bond donors (Lipinski definition) is 2. The first-order valence-corrected chi connectivity index (χ1v) is 8.68. The summed E-state index contributed by atoms with van der Waals surface area (Å²) in [6, 6.07) is 5.32. The van der Waals surface area contributed by atoms with Gasteiger partial charge in [0.1, 0.15) is 11.9 Å². The predicted molar refractivity (Wildman–Crippen MR) is 86.0 cm³/mol. The van der Waals surface area contributed by atoms with E-state index in [2.05, 4.69) is 6.92 Å². The molecule has 6 nitrogen and oxygen atoms in total. The normalized spacial score (nSPS) is 40.3. The third kappa shape index (κ3) is 2.35. The Bertz CT molecular complexity index is 677. The summed E-state index contributed by atoms with van der Waals surface area (Å²) < 4.78 is 0. The van der Waals surface area contributed by atoms with Crippen LogP contribution in [0.3, 0.4) is 0 Å². The van der Waals surface area contributed by atoms with E-state index in [-0.39, 0.29) is 29.1 Å². The van der Waals surface area contributed by atoms with Crippen molar-refractivity contribution in [3.63, 3.8) is 0 Å². The summed E-state index contributed by atoms with van der Waals surface area (Å²) >= 11 is 0. The number of nitrogens with zero attached hydrogens (tertiary/aromatic N) is 1. The second-order valence-electron chi connectivity index (χ2n) is 8.04. The fourth-order valence-corrected chi connectivity index (χ4v) is 5.87. The Kier molecular flexibility index (Phi) is 3.49. The van der Waals surface area contributed by atoms with E-state index in [1.54, 1.807) is 12.1 Å². The second kappa shape index (κ2) is 5.34. The zero-order valence-electron chi connectivity index (χ0n) is 13.7. The van der Waals surface area contributed by atoms with Crippen LogP contribution in [-0.2, 0) is 11.3 Å². The summed E-state index contributed by atoms with van der Waals surface area (Å²) in [7, 11) is 0. The average molecular weight is 333 g/mol. The van der Waals surface area contributed by atoms with Crippen molar-refractivity contribution in [3.05, 3.63) is 39.4 Å². The number of aryl methyl sites for hydroxylation is 1. The van der Waals surface area contributed by atoms with Crippen molar-refractivity contribution < 1.29 is 20.1 Å². The van der Waals surface area contributed by atoms with Crippen molar-refractivity contribution in [3.8, 4) is 5.75 Å². The molecule has 0 saturated heterocycles. The Hall–Kier alpha value is -1.82. The maximum absolute atomic E-state index is 11.1. The number of aliphatic hydroxyl groups excluding tert-OH is 1. The summed E-state index contributed by atoms with van der Waals surface area (Å²) in [4.78, 5) is 16.2. The van der Waals surface area contributed by atoms with Gasteiger partial charge in [-0.05, 0) is 72.6 Å². The number of hydrogen-bond acceptors (Lipinski definition) is 5. The van der Waals surface area contributed by atoms with Crippen LogP contribution in [0.5, 0.6) is 5.75 Å². The molecule has 0 aliphatic heterocycles. The summed E-state index contributed by atoms with van der Waals surface area (Å²) in [5, 5.41) is 30.3. The van der Waals surface area contributed by atoms with Gasteiger partial charge in [0.05, 0.1) is 6.10 Å². The summed E-state index contributed by atoms with van der Waals surface area (Å²) in [5.74, 6) is 0.841. The molecule has 0 heterocycles. The molecular formula is C18H23NO5. The Morgan fingerprint density at radius 3 is 2.92 bits per heavy atom. The quantitative estimate of drug-likeness (QED) is 0.641. The van der Waals surface area contributed by atoms with Crippen LogP contribution in [0.25, 0.3) is 0 Å². The van der Waals surface area contributed by atoms with Crippen LogP contribution in [0.4, 0.5) is 0 Å². The van der Waals surface area contributed by atoms with Gasteiger partial charge in [-0.25, -0.2) is 0 Å². The lowest BCUT2D eigenvalue weighted by Gasteiger charge is -2.51. The number of benzene rings is 1. The SMILES string of the molecule is C[C@@]12C[C@@H](O)CC1C1CCc3cc(O)ccc3C1[C@@H](O[N+](=O)[O-])C2. The lowest BCUT2D eigenvalue weighted by Crippen LogP contribution is -2.48. The average Bonchev–Trinajstić information content (AvgIpc) is 2.79. The third-order valence-electron chi connectivity index (χ3n) is 6.62. The van der Waals surface area contributed by atoms with Crippen LogP contribution >= 0.6 is 0 Å². The lowest BCUT2D eigenvalue weighted by molar-refractivity contribution is -0.771. The maximum Gasteiger partial charge on any atom is 0.294 e. The van der Waals surface area contributed by atoms with Gasteiger partial charge in [-0.3, -0.25) is 0 Å². The standard InChI is InChI=1S/C18H23NO5/c1-18-8-12(21)7-15(18)14-4-2-10-6-11(20)3-5-13(10)17(14)16(9-18)24-19(22)23/h3,5-6,12,14-17,20-21H,2,4,7-9H2,1H3/t12-,14?,15?,16-,17?,18-/m0/s1. The molecule has 0 spiro atoms. The van der Waals surface area contributed by atoms with Gasteiger partial charge < -0.3 is 15.1 Å². The number of aliphatic hydroxyl groups is 1. The van der Waals surface area contributed by atoms with Crippen LogP contribution in [0.1, 0.15) is 49.7 Å². The van der Waals surface area contributed by atoms with E-state index in [1.165, 1.54) is 0 Å². The molecule has 24 heavy (non-hydrogen) atoms. The summed E-state index contributed by atoms with van der Waals surface area (Å²) in [6.45, 7) is 2.15. The maximum atomic E-state index is 11.1. The smallest absolute Gasteiger partial charge is 0.294 e. The fourth-order valence-electron chi connectivity index (χ4n) is 5.87. The molecule has 6 heteroatoms. The van der Waals surface area contributed by atoms with Gasteiger partial charge in [-0.15, -0.1) is 10.1 Å². The molecule has 6 atom stereocenters. The van der Waals surface area contributed by atoms with E-state index in [4.69, 9.17) is 4.84 Å². The topological polar surface area (TPSA) is 92.8 Å². The first kappa shape index (κ1) is 15.7. The van der Waals surface area contributed by atoms with Crippen molar-refractivity contribution in [1.29, 1.82) is 0 Å². The summed E-state index contributed by atoms with van der Waals surface area (Å²) in [5.41, 5.74) is 2.03. The van der Waals surface area contributed by atoms with Crippen molar-refractivity contribution in [1.82, 2.24) is 0 Å². The van der Waals surface area contributed by atoms with E-state index in [0.717, 1.165) is 30.4 Å². The highest BCUT2D eigenvalue weighted by Gasteiger charge is 2.57. The molecule has 1 aromatic carbocycles. The van der Waals surface area contributed by atoms with Crippen LogP contribution in [0.15, 0.2) is 18.2 Å². The number of fused-ring (bicyclic) bond motifs is 5. The molecule has 0 radical (unpaired) electrons. The highest BCUT2D eigenvalue weighted by atomic mass is 17.0. The van der Waals surface area contributed by atoms with Crippen molar-refractivity contribution in [2.45, 2.75) is 57.2 Å². The van der Waals surface area contributed by atoms with Crippen LogP contribution in [-0.4, -0.2) is 27.5 Å². The Labute approximate surface area is 140 Å². The van der Waals surface area contributed by atoms with E-state index >= 15 is 0 Å². The molecular weight excluding hydrogens is 310 g/mol. The van der Waals surface area contributed by atoms with Crippen molar-refractivity contribution >= 4 is 0 Å². The number of rotatable bonds is 2. The third-order valence-corrected chi connectivity index (χ3v) is 6.62. The van der Waals surface area contributed by atoms with Crippen LogP contribution < -0.4 is 0 Å². The van der Waals surface area contributed by atoms with E-state index in [0.29, 0.717) is 18.8 Å². The molecule has 130 valence electrons. The zero-order valence-corrected chi connectivity index (χ0v) is 13.7. The number of phenols is 1. The minimum absolute atomic E-state index is 0.0388. The van der Waals surface area contributed by atoms with E-state index in [9.17, 15) is 20.3 Å². The minimum Gasteiger partial charge on any atom is -0.508 e. The number of aromatic hydroxyl groups is 1. The Morgan fingerprint density at radius 2 is 2.17 bits per heavy atom. The lowest BCUT2D eigenvalue weighted by atomic mass is 9.55. The molecule has 3 aliphatic carbocycles. The van der Waals surface area contributed by atoms with Gasteiger partial charge in [0.2, 0.25) is 0 Å². The summed E-state index contributed by atoms with van der Waals surface area (Å²) in [6.07, 6.45) is 3.04. The minimum atomic E-state index is -0.675.